The summed E-state index contributed by atoms with van der Waals surface area (Å²) in [6.07, 6.45) is 7.36. The number of hydrogen-bond donors (Lipinski definition) is 2. The lowest BCUT2D eigenvalue weighted by Gasteiger charge is -2.26. The molecule has 4 rings (SSSR count). The molecule has 1 saturated heterocycles. The third kappa shape index (κ3) is 4.28. The van der Waals surface area contributed by atoms with Crippen molar-refractivity contribution in [2.75, 3.05) is 25.9 Å². The second-order valence-corrected chi connectivity index (χ2v) is 7.53. The minimum atomic E-state index is 0.541. The number of nitrogens with one attached hydrogen (secondary N) is 1. The zero-order valence-electron chi connectivity index (χ0n) is 15.9. The Kier molecular flexibility index (Phi) is 5.36. The lowest BCUT2D eigenvalue weighted by atomic mass is 10.1. The molecule has 0 amide bonds. The number of H-pyrrole nitrogens is 1. The second-order valence-electron chi connectivity index (χ2n) is 7.53. The number of hydrogen-bond acceptors (Lipinski definition) is 5. The van der Waals surface area contributed by atoms with Crippen molar-refractivity contribution in [1.82, 2.24) is 24.8 Å². The third-order valence-corrected chi connectivity index (χ3v) is 5.60. The number of aromatic nitrogens is 3. The average molecular weight is 364 g/mol. The summed E-state index contributed by atoms with van der Waals surface area (Å²) in [5.41, 5.74) is 8.44. The van der Waals surface area contributed by atoms with Crippen molar-refractivity contribution in [2.24, 2.45) is 0 Å². The van der Waals surface area contributed by atoms with Crippen LogP contribution in [0.1, 0.15) is 30.7 Å². The highest BCUT2D eigenvalue weighted by atomic mass is 15.2. The van der Waals surface area contributed by atoms with Crippen molar-refractivity contribution in [3.63, 3.8) is 0 Å². The molecular weight excluding hydrogens is 336 g/mol. The molecule has 1 aromatic carbocycles. The van der Waals surface area contributed by atoms with Gasteiger partial charge < -0.3 is 10.7 Å². The molecule has 0 bridgehead atoms. The van der Waals surface area contributed by atoms with E-state index >= 15 is 0 Å². The number of aromatic amines is 1. The van der Waals surface area contributed by atoms with E-state index in [0.29, 0.717) is 11.9 Å². The maximum absolute atomic E-state index is 5.78. The Morgan fingerprint density at radius 2 is 2.15 bits per heavy atom. The molecule has 27 heavy (non-hydrogen) atoms. The zero-order chi connectivity index (χ0) is 18.6. The number of rotatable bonds is 5. The van der Waals surface area contributed by atoms with Crippen molar-refractivity contribution >= 4 is 16.7 Å². The third-order valence-electron chi connectivity index (χ3n) is 5.60. The minimum absolute atomic E-state index is 0.541. The maximum Gasteiger partial charge on any atom is 0.144 e. The standard InChI is InChI=1S/C21H28N6/c1-26(15-20-23-11-8-19(22)25-20)18-6-3-12-27(13-9-18)14-17-5-2-4-16-7-10-24-21(16)17/h2,4-5,7-8,10-11,18,24H,3,6,9,12-15H2,1H3,(H2,22,23,25)/t18-/m1/s1. The summed E-state index contributed by atoms with van der Waals surface area (Å²) < 4.78 is 0. The topological polar surface area (TPSA) is 74.1 Å². The Hall–Kier alpha value is -2.44. The Bertz CT molecular complexity index is 889. The van der Waals surface area contributed by atoms with Crippen molar-refractivity contribution in [3.8, 4) is 0 Å². The Labute approximate surface area is 160 Å². The van der Waals surface area contributed by atoms with Gasteiger partial charge in [-0.1, -0.05) is 18.2 Å². The van der Waals surface area contributed by atoms with Gasteiger partial charge in [-0.25, -0.2) is 9.97 Å². The molecule has 1 fully saturated rings. The lowest BCUT2D eigenvalue weighted by Crippen LogP contribution is -2.33. The van der Waals surface area contributed by atoms with E-state index in [1.807, 2.05) is 6.20 Å². The number of nitrogens with zero attached hydrogens (tertiary/aromatic N) is 4. The summed E-state index contributed by atoms with van der Waals surface area (Å²) in [7, 11) is 2.17. The van der Waals surface area contributed by atoms with Crippen LogP contribution >= 0.6 is 0 Å². The molecule has 3 aromatic rings. The predicted molar refractivity (Wildman–Crippen MR) is 109 cm³/mol. The number of likely N-dealkylation sites (tertiary alicyclic amines) is 1. The normalized spacial score (nSPS) is 18.8. The maximum atomic E-state index is 5.78. The summed E-state index contributed by atoms with van der Waals surface area (Å²) in [5.74, 6) is 1.34. The van der Waals surface area contributed by atoms with Crippen LogP contribution in [0.15, 0.2) is 42.7 Å². The largest absolute Gasteiger partial charge is 0.384 e. The van der Waals surface area contributed by atoms with Crippen molar-refractivity contribution in [3.05, 3.63) is 54.1 Å². The highest BCUT2D eigenvalue weighted by Crippen LogP contribution is 2.22. The zero-order valence-corrected chi connectivity index (χ0v) is 15.9. The van der Waals surface area contributed by atoms with Gasteiger partial charge in [-0.2, -0.15) is 0 Å². The van der Waals surface area contributed by atoms with Crippen LogP contribution in [0.4, 0.5) is 5.82 Å². The van der Waals surface area contributed by atoms with E-state index in [4.69, 9.17) is 5.73 Å². The summed E-state index contributed by atoms with van der Waals surface area (Å²) in [6, 6.07) is 11.0. The molecule has 0 spiro atoms. The Morgan fingerprint density at radius 3 is 3.04 bits per heavy atom. The fourth-order valence-corrected chi connectivity index (χ4v) is 4.10. The van der Waals surface area contributed by atoms with E-state index in [9.17, 15) is 0 Å². The summed E-state index contributed by atoms with van der Waals surface area (Å²) in [6.45, 7) is 4.02. The summed E-state index contributed by atoms with van der Waals surface area (Å²) >= 11 is 0. The van der Waals surface area contributed by atoms with Crippen LogP contribution in [0, 0.1) is 0 Å². The molecule has 0 radical (unpaired) electrons. The van der Waals surface area contributed by atoms with Crippen molar-refractivity contribution in [1.29, 1.82) is 0 Å². The number of nitrogen functional groups attached to an aromatic ring is 1. The van der Waals surface area contributed by atoms with Gasteiger partial charge in [-0.3, -0.25) is 9.80 Å². The van der Waals surface area contributed by atoms with E-state index < -0.39 is 0 Å². The summed E-state index contributed by atoms with van der Waals surface area (Å²) in [4.78, 5) is 17.0. The van der Waals surface area contributed by atoms with Gasteiger partial charge >= 0.3 is 0 Å². The van der Waals surface area contributed by atoms with Gasteiger partial charge in [0.05, 0.1) is 6.54 Å². The highest BCUT2D eigenvalue weighted by Gasteiger charge is 2.21. The van der Waals surface area contributed by atoms with E-state index in [-0.39, 0.29) is 0 Å². The van der Waals surface area contributed by atoms with E-state index in [1.54, 1.807) is 12.3 Å². The average Bonchev–Trinajstić information content (AvgIpc) is 3.02. The quantitative estimate of drug-likeness (QED) is 0.728. The molecule has 1 atom stereocenters. The Morgan fingerprint density at radius 1 is 1.22 bits per heavy atom. The number of para-hydroxylation sites is 1. The van der Waals surface area contributed by atoms with Crippen LogP contribution in [0.2, 0.25) is 0 Å². The van der Waals surface area contributed by atoms with Crippen LogP contribution in [-0.4, -0.2) is 50.9 Å². The van der Waals surface area contributed by atoms with Crippen molar-refractivity contribution < 1.29 is 0 Å². The number of benzene rings is 1. The first-order chi connectivity index (χ1) is 13.2. The van der Waals surface area contributed by atoms with Crippen molar-refractivity contribution in [2.45, 2.75) is 38.4 Å². The Balaban J connectivity index is 1.36. The number of anilines is 1. The molecule has 142 valence electrons. The first-order valence-electron chi connectivity index (χ1n) is 9.74. The fourth-order valence-electron chi connectivity index (χ4n) is 4.10. The highest BCUT2D eigenvalue weighted by molar-refractivity contribution is 5.82. The molecule has 6 heteroatoms. The van der Waals surface area contributed by atoms with E-state index in [1.165, 1.54) is 35.7 Å². The smallest absolute Gasteiger partial charge is 0.144 e. The molecule has 6 nitrogen and oxygen atoms in total. The molecule has 0 aliphatic carbocycles. The monoisotopic (exact) mass is 364 g/mol. The number of fused-ring (bicyclic) bond motifs is 1. The molecule has 0 unspecified atom stereocenters. The van der Waals surface area contributed by atoms with Gasteiger partial charge in [0, 0.05) is 30.5 Å². The molecule has 0 saturated carbocycles. The van der Waals surface area contributed by atoms with Crippen LogP contribution in [-0.2, 0) is 13.1 Å². The molecular formula is C21H28N6. The van der Waals surface area contributed by atoms with Gasteiger partial charge in [0.2, 0.25) is 0 Å². The van der Waals surface area contributed by atoms with Gasteiger partial charge in [0.25, 0.3) is 0 Å². The SMILES string of the molecule is CN(Cc1nccc(N)n1)[C@@H]1CCCN(Cc2cccc3cc[nH]c23)CC1. The van der Waals surface area contributed by atoms with Crippen LogP contribution in [0.5, 0.6) is 0 Å². The van der Waals surface area contributed by atoms with Gasteiger partial charge in [0.15, 0.2) is 0 Å². The predicted octanol–water partition coefficient (Wildman–Crippen LogP) is 3.03. The fraction of sp³-hybridized carbons (Fsp3) is 0.429. The second kappa shape index (κ2) is 8.06. The first-order valence-corrected chi connectivity index (χ1v) is 9.74. The molecule has 2 aromatic heterocycles. The van der Waals surface area contributed by atoms with Gasteiger partial charge in [0.1, 0.15) is 11.6 Å². The van der Waals surface area contributed by atoms with E-state index in [2.05, 4.69) is 56.1 Å². The van der Waals surface area contributed by atoms with Gasteiger partial charge in [-0.05, 0) is 62.5 Å². The van der Waals surface area contributed by atoms with Crippen LogP contribution in [0.3, 0.4) is 0 Å². The minimum Gasteiger partial charge on any atom is -0.384 e. The van der Waals surface area contributed by atoms with Crippen LogP contribution in [0.25, 0.3) is 10.9 Å². The summed E-state index contributed by atoms with van der Waals surface area (Å²) in [5, 5.41) is 1.29. The van der Waals surface area contributed by atoms with E-state index in [0.717, 1.165) is 32.0 Å². The van der Waals surface area contributed by atoms with Crippen LogP contribution < -0.4 is 5.73 Å². The number of nitrogens with two attached hydrogens (primary N) is 1. The molecule has 3 N–H and O–H groups in total. The molecule has 3 heterocycles. The molecule has 1 aliphatic rings. The van der Waals surface area contributed by atoms with Gasteiger partial charge in [-0.15, -0.1) is 0 Å². The first kappa shape index (κ1) is 17.9. The lowest BCUT2D eigenvalue weighted by molar-refractivity contribution is 0.202. The molecule has 1 aliphatic heterocycles.